The Balaban J connectivity index is 3.74. The number of rotatable bonds is 6. The summed E-state index contributed by atoms with van der Waals surface area (Å²) in [7, 11) is 0. The highest BCUT2D eigenvalue weighted by Crippen LogP contribution is 1.95. The van der Waals surface area contributed by atoms with Crippen LogP contribution in [-0.2, 0) is 14.4 Å². The molecule has 0 rings (SSSR count). The second-order valence-electron chi connectivity index (χ2n) is 3.69. The van der Waals surface area contributed by atoms with E-state index in [-0.39, 0.29) is 30.0 Å². The number of hydrogen-bond donors (Lipinski definition) is 0. The molecule has 0 aromatic rings. The topological polar surface area (TPSA) is 55.7 Å². The third-order valence-corrected chi connectivity index (χ3v) is 1.67. The monoisotopic (exact) mass is 199 g/mol. The Bertz CT molecular complexity index is 232. The zero-order chi connectivity index (χ0) is 11.1. The number of hydrogen-bond acceptors (Lipinski definition) is 4. The molecule has 0 heterocycles. The normalized spacial score (nSPS) is 11.3. The molecule has 0 bridgehead atoms. The molecule has 0 unspecified atom stereocenters. The van der Waals surface area contributed by atoms with Gasteiger partial charge in [0.2, 0.25) is 0 Å². The number of nitrogens with zero attached hydrogens (tertiary/aromatic N) is 1. The van der Waals surface area contributed by atoms with Crippen LogP contribution in [0.2, 0.25) is 0 Å². The van der Waals surface area contributed by atoms with Gasteiger partial charge in [-0.25, -0.2) is 0 Å². The molecule has 0 N–H and O–H groups in total. The van der Waals surface area contributed by atoms with E-state index in [9.17, 15) is 9.59 Å². The summed E-state index contributed by atoms with van der Waals surface area (Å²) in [4.78, 5) is 26.7. The molecule has 0 saturated carbocycles. The molecule has 14 heavy (non-hydrogen) atoms. The molecule has 0 aromatic carbocycles. The minimum Gasteiger partial charge on any atom is -0.388 e. The molecule has 4 heteroatoms. The Kier molecular flexibility index (Phi) is 5.76. The first-order chi connectivity index (χ1) is 6.45. The smallest absolute Gasteiger partial charge is 0.179 e. The maximum atomic E-state index is 11.0. The third kappa shape index (κ3) is 5.45. The van der Waals surface area contributed by atoms with Gasteiger partial charge in [0, 0.05) is 11.8 Å². The van der Waals surface area contributed by atoms with Crippen LogP contribution in [0.15, 0.2) is 5.16 Å². The Morgan fingerprint density at radius 2 is 1.79 bits per heavy atom. The largest absolute Gasteiger partial charge is 0.388 e. The van der Waals surface area contributed by atoms with Gasteiger partial charge in [0.05, 0.1) is 0 Å². The zero-order valence-corrected chi connectivity index (χ0v) is 9.11. The van der Waals surface area contributed by atoms with Crippen LogP contribution >= 0.6 is 0 Å². The first kappa shape index (κ1) is 12.8. The lowest BCUT2D eigenvalue weighted by Gasteiger charge is -2.01. The fraction of sp³-hybridized carbons (Fsp3) is 0.700. The summed E-state index contributed by atoms with van der Waals surface area (Å²) in [6.07, 6.45) is 1.11. The molecule has 4 nitrogen and oxygen atoms in total. The van der Waals surface area contributed by atoms with Gasteiger partial charge in [-0.3, -0.25) is 9.59 Å². The molecule has 0 saturated heterocycles. The van der Waals surface area contributed by atoms with Crippen molar-refractivity contribution in [3.8, 4) is 0 Å². The summed E-state index contributed by atoms with van der Waals surface area (Å²) < 4.78 is 0. The number of Topliss-reactive ketones (excluding diaryl/α,β-unsaturated/α-hetero) is 2. The van der Waals surface area contributed by atoms with Crippen molar-refractivity contribution in [2.75, 3.05) is 6.61 Å². The predicted octanol–water partition coefficient (Wildman–Crippen LogP) is 1.44. The first-order valence-electron chi connectivity index (χ1n) is 4.67. The highest BCUT2D eigenvalue weighted by molar-refractivity contribution is 6.28. The molecule has 0 radical (unpaired) electrons. The summed E-state index contributed by atoms with van der Waals surface area (Å²) in [5.41, 5.74) is 0. The second kappa shape index (κ2) is 6.29. The number of ketones is 2. The molecule has 80 valence electrons. The van der Waals surface area contributed by atoms with Gasteiger partial charge in [-0.05, 0) is 0 Å². The van der Waals surface area contributed by atoms with Crippen molar-refractivity contribution in [2.24, 2.45) is 17.0 Å². The van der Waals surface area contributed by atoms with Crippen LogP contribution in [0.25, 0.3) is 0 Å². The van der Waals surface area contributed by atoms with Gasteiger partial charge in [-0.2, -0.15) is 0 Å². The highest BCUT2D eigenvalue weighted by atomic mass is 16.6. The minimum atomic E-state index is -0.109. The SMILES string of the molecule is CC(C)C(=O)/C=N/OCC(=O)C(C)C. The Morgan fingerprint density at radius 3 is 2.21 bits per heavy atom. The lowest BCUT2D eigenvalue weighted by molar-refractivity contribution is -0.126. The van der Waals surface area contributed by atoms with Crippen LogP contribution in [0.1, 0.15) is 27.7 Å². The van der Waals surface area contributed by atoms with E-state index in [1.165, 1.54) is 0 Å². The molecular formula is C10H17NO3. The van der Waals surface area contributed by atoms with Crippen molar-refractivity contribution in [3.05, 3.63) is 0 Å². The minimum absolute atomic E-state index is 0.0286. The average Bonchev–Trinajstić information content (AvgIpc) is 2.11. The van der Waals surface area contributed by atoms with E-state index >= 15 is 0 Å². The fourth-order valence-electron chi connectivity index (χ4n) is 0.506. The Hall–Kier alpha value is -1.19. The van der Waals surface area contributed by atoms with Gasteiger partial charge in [-0.1, -0.05) is 32.9 Å². The van der Waals surface area contributed by atoms with E-state index < -0.39 is 0 Å². The summed E-state index contributed by atoms with van der Waals surface area (Å²) >= 11 is 0. The fourth-order valence-corrected chi connectivity index (χ4v) is 0.506. The summed E-state index contributed by atoms with van der Waals surface area (Å²) in [6, 6.07) is 0. The molecule has 0 aliphatic rings. The van der Waals surface area contributed by atoms with Gasteiger partial charge in [-0.15, -0.1) is 0 Å². The van der Waals surface area contributed by atoms with Crippen molar-refractivity contribution in [2.45, 2.75) is 27.7 Å². The highest BCUT2D eigenvalue weighted by Gasteiger charge is 2.07. The van der Waals surface area contributed by atoms with Crippen LogP contribution in [0.5, 0.6) is 0 Å². The Morgan fingerprint density at radius 1 is 1.21 bits per heavy atom. The molecule has 0 atom stereocenters. The van der Waals surface area contributed by atoms with Crippen LogP contribution in [-0.4, -0.2) is 24.4 Å². The first-order valence-corrected chi connectivity index (χ1v) is 4.67. The molecule has 0 spiro atoms. The summed E-state index contributed by atoms with van der Waals surface area (Å²) in [5, 5.41) is 3.42. The standard InChI is InChI=1S/C10H17NO3/c1-7(2)9(12)5-11-14-6-10(13)8(3)4/h5,7-8H,6H2,1-4H3/b11-5+. The van der Waals surface area contributed by atoms with Crippen molar-refractivity contribution >= 4 is 17.8 Å². The molecular weight excluding hydrogens is 182 g/mol. The third-order valence-electron chi connectivity index (χ3n) is 1.67. The van der Waals surface area contributed by atoms with Gasteiger partial charge in [0.1, 0.15) is 6.21 Å². The van der Waals surface area contributed by atoms with Gasteiger partial charge in [0.15, 0.2) is 18.2 Å². The van der Waals surface area contributed by atoms with Crippen molar-refractivity contribution in [1.29, 1.82) is 0 Å². The summed E-state index contributed by atoms with van der Waals surface area (Å²) in [5.74, 6) is -0.296. The van der Waals surface area contributed by atoms with E-state index in [0.717, 1.165) is 6.21 Å². The predicted molar refractivity (Wildman–Crippen MR) is 54.1 cm³/mol. The van der Waals surface area contributed by atoms with Crippen molar-refractivity contribution < 1.29 is 14.4 Å². The summed E-state index contributed by atoms with van der Waals surface area (Å²) in [6.45, 7) is 7.05. The number of carbonyl (C=O) groups is 2. The lowest BCUT2D eigenvalue weighted by Crippen LogP contribution is -2.14. The van der Waals surface area contributed by atoms with E-state index in [4.69, 9.17) is 0 Å². The van der Waals surface area contributed by atoms with Gasteiger partial charge in [0.25, 0.3) is 0 Å². The van der Waals surface area contributed by atoms with Gasteiger partial charge >= 0.3 is 0 Å². The van der Waals surface area contributed by atoms with Crippen LogP contribution < -0.4 is 0 Å². The quantitative estimate of drug-likeness (QED) is 0.480. The van der Waals surface area contributed by atoms with Crippen LogP contribution in [0, 0.1) is 11.8 Å². The van der Waals surface area contributed by atoms with Gasteiger partial charge < -0.3 is 4.84 Å². The van der Waals surface area contributed by atoms with Crippen LogP contribution in [0.4, 0.5) is 0 Å². The van der Waals surface area contributed by atoms with E-state index in [0.29, 0.717) is 0 Å². The molecule has 0 aromatic heterocycles. The number of carbonyl (C=O) groups excluding carboxylic acids is 2. The maximum Gasteiger partial charge on any atom is 0.179 e. The van der Waals surface area contributed by atoms with Crippen molar-refractivity contribution in [1.82, 2.24) is 0 Å². The Labute approximate surface area is 84.3 Å². The number of oxime groups is 1. The molecule has 0 aliphatic heterocycles. The molecule has 0 aliphatic carbocycles. The lowest BCUT2D eigenvalue weighted by atomic mass is 10.1. The second-order valence-corrected chi connectivity index (χ2v) is 3.69. The van der Waals surface area contributed by atoms with E-state index in [2.05, 4.69) is 9.99 Å². The average molecular weight is 199 g/mol. The van der Waals surface area contributed by atoms with Crippen molar-refractivity contribution in [3.63, 3.8) is 0 Å². The van der Waals surface area contributed by atoms with E-state index in [1.54, 1.807) is 27.7 Å². The zero-order valence-electron chi connectivity index (χ0n) is 9.11. The maximum absolute atomic E-state index is 11.0. The van der Waals surface area contributed by atoms with E-state index in [1.807, 2.05) is 0 Å². The molecule has 0 amide bonds. The van der Waals surface area contributed by atoms with Crippen LogP contribution in [0.3, 0.4) is 0 Å². The molecule has 0 fully saturated rings.